The molecule has 4 nitrogen and oxygen atoms in total. The van der Waals surface area contributed by atoms with Gasteiger partial charge in [0, 0.05) is 10.5 Å². The van der Waals surface area contributed by atoms with E-state index in [0.717, 1.165) is 30.2 Å². The van der Waals surface area contributed by atoms with Crippen LogP contribution in [0.5, 0.6) is 0 Å². The molecule has 2 rings (SSSR count). The molecule has 1 aliphatic rings. The van der Waals surface area contributed by atoms with E-state index in [1.807, 2.05) is 6.07 Å². The largest absolute Gasteiger partial charge is 0.330 e. The van der Waals surface area contributed by atoms with Crippen molar-refractivity contribution in [2.45, 2.75) is 36.6 Å². The van der Waals surface area contributed by atoms with Crippen LogP contribution in [0.25, 0.3) is 0 Å². The van der Waals surface area contributed by atoms with Crippen molar-refractivity contribution in [1.82, 2.24) is 4.72 Å². The van der Waals surface area contributed by atoms with Gasteiger partial charge < -0.3 is 5.73 Å². The average molecular weight is 347 g/mol. The van der Waals surface area contributed by atoms with Gasteiger partial charge in [0.05, 0.1) is 4.90 Å². The minimum atomic E-state index is -3.46. The van der Waals surface area contributed by atoms with Crippen LogP contribution in [0.15, 0.2) is 33.6 Å². The molecule has 1 saturated carbocycles. The number of nitrogens with two attached hydrogens (primary N) is 1. The van der Waals surface area contributed by atoms with Crippen molar-refractivity contribution in [2.24, 2.45) is 11.7 Å². The number of sulfonamides is 1. The highest BCUT2D eigenvalue weighted by Gasteiger charge is 2.28. The molecule has 0 spiro atoms. The van der Waals surface area contributed by atoms with Gasteiger partial charge in [0.1, 0.15) is 0 Å². The summed E-state index contributed by atoms with van der Waals surface area (Å²) in [5, 5.41) is 0. The summed E-state index contributed by atoms with van der Waals surface area (Å²) in [6.07, 6.45) is 4.07. The monoisotopic (exact) mass is 346 g/mol. The quantitative estimate of drug-likeness (QED) is 0.877. The molecule has 0 aromatic heterocycles. The van der Waals surface area contributed by atoms with E-state index in [4.69, 9.17) is 5.73 Å². The van der Waals surface area contributed by atoms with Crippen LogP contribution in [0.1, 0.15) is 25.7 Å². The topological polar surface area (TPSA) is 72.2 Å². The zero-order valence-corrected chi connectivity index (χ0v) is 13.1. The summed E-state index contributed by atoms with van der Waals surface area (Å²) < 4.78 is 28.3. The van der Waals surface area contributed by atoms with E-state index in [2.05, 4.69) is 20.7 Å². The van der Waals surface area contributed by atoms with Gasteiger partial charge in [-0.15, -0.1) is 0 Å². The molecular formula is C13H19BrN2O2S. The van der Waals surface area contributed by atoms with E-state index in [9.17, 15) is 8.42 Å². The van der Waals surface area contributed by atoms with Crippen molar-refractivity contribution in [3.05, 3.63) is 28.7 Å². The summed E-state index contributed by atoms with van der Waals surface area (Å²) in [6, 6.07) is 6.71. The highest BCUT2D eigenvalue weighted by atomic mass is 79.9. The zero-order valence-electron chi connectivity index (χ0n) is 10.7. The number of hydrogen-bond acceptors (Lipinski definition) is 3. The average Bonchev–Trinajstić information content (AvgIpc) is 2.39. The van der Waals surface area contributed by atoms with Gasteiger partial charge in [0.15, 0.2) is 0 Å². The Morgan fingerprint density at radius 1 is 1.32 bits per heavy atom. The van der Waals surface area contributed by atoms with Gasteiger partial charge >= 0.3 is 0 Å². The van der Waals surface area contributed by atoms with Gasteiger partial charge in [-0.25, -0.2) is 13.1 Å². The maximum Gasteiger partial charge on any atom is 0.240 e. The number of rotatable bonds is 4. The molecule has 0 heterocycles. The lowest BCUT2D eigenvalue weighted by Gasteiger charge is -2.31. The number of nitrogens with one attached hydrogen (secondary N) is 1. The normalized spacial score (nSPS) is 24.3. The molecule has 1 aliphatic carbocycles. The molecule has 3 N–H and O–H groups in total. The van der Waals surface area contributed by atoms with Crippen molar-refractivity contribution in [1.29, 1.82) is 0 Å². The second kappa shape index (κ2) is 6.35. The van der Waals surface area contributed by atoms with Crippen molar-refractivity contribution >= 4 is 26.0 Å². The predicted octanol–water partition coefficient (Wildman–Crippen LogP) is 2.24. The smallest absolute Gasteiger partial charge is 0.240 e. The maximum atomic E-state index is 12.3. The van der Waals surface area contributed by atoms with Crippen LogP contribution >= 0.6 is 15.9 Å². The van der Waals surface area contributed by atoms with E-state index in [1.54, 1.807) is 18.2 Å². The minimum Gasteiger partial charge on any atom is -0.330 e. The van der Waals surface area contributed by atoms with Gasteiger partial charge in [-0.3, -0.25) is 0 Å². The lowest BCUT2D eigenvalue weighted by molar-refractivity contribution is 0.296. The van der Waals surface area contributed by atoms with E-state index >= 15 is 0 Å². The molecule has 0 bridgehead atoms. The molecule has 2 atom stereocenters. The van der Waals surface area contributed by atoms with Gasteiger partial charge in [0.2, 0.25) is 10.0 Å². The highest BCUT2D eigenvalue weighted by molar-refractivity contribution is 9.10. The van der Waals surface area contributed by atoms with Crippen LogP contribution in [-0.2, 0) is 10.0 Å². The van der Waals surface area contributed by atoms with E-state index in [1.165, 1.54) is 0 Å². The summed E-state index contributed by atoms with van der Waals surface area (Å²) in [7, 11) is -3.46. The molecule has 106 valence electrons. The maximum absolute atomic E-state index is 12.3. The number of hydrogen-bond donors (Lipinski definition) is 2. The zero-order chi connectivity index (χ0) is 13.9. The molecular weight excluding hydrogens is 328 g/mol. The Kier molecular flexibility index (Phi) is 5.00. The van der Waals surface area contributed by atoms with Crippen LogP contribution in [0.4, 0.5) is 0 Å². The van der Waals surface area contributed by atoms with E-state index < -0.39 is 10.0 Å². The van der Waals surface area contributed by atoms with Gasteiger partial charge in [-0.1, -0.05) is 34.8 Å². The molecule has 0 aliphatic heterocycles. The first-order valence-corrected chi connectivity index (χ1v) is 8.78. The van der Waals surface area contributed by atoms with Crippen LogP contribution < -0.4 is 10.5 Å². The Bertz CT molecular complexity index is 533. The highest BCUT2D eigenvalue weighted by Crippen LogP contribution is 2.25. The number of halogens is 1. The second-order valence-corrected chi connectivity index (χ2v) is 7.60. The first kappa shape index (κ1) is 15.0. The number of benzene rings is 1. The molecule has 0 saturated heterocycles. The van der Waals surface area contributed by atoms with Crippen LogP contribution in [0.3, 0.4) is 0 Å². The summed E-state index contributed by atoms with van der Waals surface area (Å²) in [4.78, 5) is 0.295. The minimum absolute atomic E-state index is 0.0391. The molecule has 1 fully saturated rings. The van der Waals surface area contributed by atoms with E-state index in [-0.39, 0.29) is 12.0 Å². The van der Waals surface area contributed by atoms with Crippen molar-refractivity contribution < 1.29 is 8.42 Å². The predicted molar refractivity (Wildman–Crippen MR) is 79.3 cm³/mol. The molecule has 1 aromatic rings. The fourth-order valence-electron chi connectivity index (χ4n) is 2.55. The molecule has 0 radical (unpaired) electrons. The Hall–Kier alpha value is -0.430. The standard InChI is InChI=1S/C13H19BrN2O2S/c14-11-5-3-6-12(8-11)19(17,18)16-13-7-2-1-4-10(13)9-15/h3,5-6,8,10,13,16H,1-2,4,7,9,15H2. The summed E-state index contributed by atoms with van der Waals surface area (Å²) >= 11 is 3.29. The lowest BCUT2D eigenvalue weighted by Crippen LogP contribution is -2.44. The van der Waals surface area contributed by atoms with Crippen LogP contribution in [0.2, 0.25) is 0 Å². The third-order valence-corrected chi connectivity index (χ3v) is 5.61. The summed E-state index contributed by atoms with van der Waals surface area (Å²) in [6.45, 7) is 0.533. The third-order valence-electron chi connectivity index (χ3n) is 3.62. The van der Waals surface area contributed by atoms with Gasteiger partial charge in [-0.2, -0.15) is 0 Å². The SMILES string of the molecule is NCC1CCCCC1NS(=O)(=O)c1cccc(Br)c1. The summed E-state index contributed by atoms with van der Waals surface area (Å²) in [5.74, 6) is 0.246. The second-order valence-electron chi connectivity index (χ2n) is 4.97. The van der Waals surface area contributed by atoms with Crippen LogP contribution in [-0.4, -0.2) is 21.0 Å². The molecule has 0 amide bonds. The van der Waals surface area contributed by atoms with Gasteiger partial charge in [0.25, 0.3) is 0 Å². The molecule has 1 aromatic carbocycles. The fraction of sp³-hybridized carbons (Fsp3) is 0.538. The Morgan fingerprint density at radius 2 is 2.05 bits per heavy atom. The molecule has 6 heteroatoms. The van der Waals surface area contributed by atoms with Crippen molar-refractivity contribution in [3.8, 4) is 0 Å². The fourth-order valence-corrected chi connectivity index (χ4v) is 4.48. The molecule has 19 heavy (non-hydrogen) atoms. The molecule has 2 unspecified atom stereocenters. The Labute approximate surface area is 122 Å². The third kappa shape index (κ3) is 3.78. The van der Waals surface area contributed by atoms with E-state index in [0.29, 0.717) is 11.4 Å². The lowest BCUT2D eigenvalue weighted by atomic mass is 9.85. The van der Waals surface area contributed by atoms with Gasteiger partial charge in [-0.05, 0) is 43.5 Å². The van der Waals surface area contributed by atoms with Crippen LogP contribution in [0, 0.1) is 5.92 Å². The van der Waals surface area contributed by atoms with Crippen molar-refractivity contribution in [3.63, 3.8) is 0 Å². The first-order valence-electron chi connectivity index (χ1n) is 6.51. The first-order chi connectivity index (χ1) is 9.03. The van der Waals surface area contributed by atoms with Crippen molar-refractivity contribution in [2.75, 3.05) is 6.54 Å². The Balaban J connectivity index is 2.16. The Morgan fingerprint density at radius 3 is 2.74 bits per heavy atom. The summed E-state index contributed by atoms with van der Waals surface area (Å²) in [5.41, 5.74) is 5.73.